The molecule has 0 fully saturated rings. The number of hydrogen-bond donors (Lipinski definition) is 1. The van der Waals surface area contributed by atoms with E-state index in [1.807, 2.05) is 31.2 Å². The van der Waals surface area contributed by atoms with Crippen molar-refractivity contribution < 1.29 is 0 Å². The SMILES string of the molecule is Cc1[nH]c(-c2cccc(Cl)c2)nc1CC(C)CCl.Cl. The first kappa shape index (κ1) is 16.4. The van der Waals surface area contributed by atoms with Gasteiger partial charge in [-0.2, -0.15) is 0 Å². The molecule has 1 heterocycles. The molecule has 0 saturated carbocycles. The van der Waals surface area contributed by atoms with Gasteiger partial charge in [-0.3, -0.25) is 0 Å². The lowest BCUT2D eigenvalue weighted by Gasteiger charge is -2.04. The zero-order chi connectivity index (χ0) is 13.1. The summed E-state index contributed by atoms with van der Waals surface area (Å²) >= 11 is 11.8. The van der Waals surface area contributed by atoms with E-state index in [1.165, 1.54) is 0 Å². The van der Waals surface area contributed by atoms with E-state index in [4.69, 9.17) is 23.2 Å². The Morgan fingerprint density at radius 2 is 2.11 bits per heavy atom. The number of halogens is 3. The third-order valence-electron chi connectivity index (χ3n) is 2.89. The minimum Gasteiger partial charge on any atom is -0.342 e. The van der Waals surface area contributed by atoms with Crippen molar-refractivity contribution >= 4 is 35.6 Å². The molecule has 1 N–H and O–H groups in total. The van der Waals surface area contributed by atoms with E-state index in [0.29, 0.717) is 11.8 Å². The van der Waals surface area contributed by atoms with Crippen LogP contribution in [-0.2, 0) is 6.42 Å². The van der Waals surface area contributed by atoms with Gasteiger partial charge in [-0.1, -0.05) is 30.7 Å². The Kier molecular flexibility index (Phi) is 6.18. The molecule has 1 aromatic carbocycles. The molecule has 0 aliphatic heterocycles. The Bertz CT molecular complexity index is 537. The van der Waals surface area contributed by atoms with Crippen molar-refractivity contribution in [3.05, 3.63) is 40.7 Å². The number of nitrogens with zero attached hydrogens (tertiary/aromatic N) is 1. The second-order valence-electron chi connectivity index (χ2n) is 4.63. The zero-order valence-electron chi connectivity index (χ0n) is 10.9. The smallest absolute Gasteiger partial charge is 0.137 e. The number of rotatable bonds is 4. The lowest BCUT2D eigenvalue weighted by atomic mass is 10.1. The van der Waals surface area contributed by atoms with Crippen molar-refractivity contribution in [2.75, 3.05) is 5.88 Å². The first-order valence-corrected chi connectivity index (χ1v) is 6.88. The van der Waals surface area contributed by atoms with Gasteiger partial charge >= 0.3 is 0 Å². The molecule has 104 valence electrons. The number of H-pyrrole nitrogens is 1. The van der Waals surface area contributed by atoms with Gasteiger partial charge in [-0.15, -0.1) is 24.0 Å². The lowest BCUT2D eigenvalue weighted by Crippen LogP contribution is -2.02. The number of aryl methyl sites for hydroxylation is 1. The van der Waals surface area contributed by atoms with Crippen molar-refractivity contribution in [1.82, 2.24) is 9.97 Å². The summed E-state index contributed by atoms with van der Waals surface area (Å²) in [6.45, 7) is 4.16. The van der Waals surface area contributed by atoms with Crippen LogP contribution in [0.3, 0.4) is 0 Å². The van der Waals surface area contributed by atoms with Gasteiger partial charge in [0.05, 0.1) is 5.69 Å². The number of aromatic nitrogens is 2. The summed E-state index contributed by atoms with van der Waals surface area (Å²) < 4.78 is 0. The summed E-state index contributed by atoms with van der Waals surface area (Å²) in [5.74, 6) is 1.95. The average molecular weight is 320 g/mol. The Hall–Kier alpha value is -0.700. The molecule has 0 amide bonds. The van der Waals surface area contributed by atoms with Crippen molar-refractivity contribution in [2.45, 2.75) is 20.3 Å². The highest BCUT2D eigenvalue weighted by molar-refractivity contribution is 6.30. The van der Waals surface area contributed by atoms with Crippen molar-refractivity contribution in [1.29, 1.82) is 0 Å². The van der Waals surface area contributed by atoms with Crippen LogP contribution >= 0.6 is 35.6 Å². The maximum absolute atomic E-state index is 5.99. The number of aromatic amines is 1. The summed E-state index contributed by atoms with van der Waals surface area (Å²) in [6, 6.07) is 7.70. The van der Waals surface area contributed by atoms with E-state index in [-0.39, 0.29) is 12.4 Å². The first-order chi connectivity index (χ1) is 8.60. The molecule has 0 aliphatic carbocycles. The van der Waals surface area contributed by atoms with Gasteiger partial charge in [0.25, 0.3) is 0 Å². The molecule has 2 nitrogen and oxygen atoms in total. The molecule has 2 rings (SSSR count). The summed E-state index contributed by atoms with van der Waals surface area (Å²) in [7, 11) is 0. The molecule has 1 unspecified atom stereocenters. The minimum atomic E-state index is 0. The molecule has 0 saturated heterocycles. The molecule has 19 heavy (non-hydrogen) atoms. The molecule has 1 atom stereocenters. The number of hydrogen-bond acceptors (Lipinski definition) is 1. The molecule has 0 spiro atoms. The second-order valence-corrected chi connectivity index (χ2v) is 5.38. The number of imidazole rings is 1. The predicted octanol–water partition coefficient (Wildman–Crippen LogP) is 4.88. The van der Waals surface area contributed by atoms with Crippen LogP contribution in [0.5, 0.6) is 0 Å². The summed E-state index contributed by atoms with van der Waals surface area (Å²) in [5, 5.41) is 0.720. The maximum atomic E-state index is 5.99. The third-order valence-corrected chi connectivity index (χ3v) is 3.65. The quantitative estimate of drug-likeness (QED) is 0.800. The molecule has 0 radical (unpaired) electrons. The Balaban J connectivity index is 0.00000180. The highest BCUT2D eigenvalue weighted by Gasteiger charge is 2.11. The summed E-state index contributed by atoms with van der Waals surface area (Å²) in [5.41, 5.74) is 3.19. The third kappa shape index (κ3) is 4.13. The maximum Gasteiger partial charge on any atom is 0.137 e. The van der Waals surface area contributed by atoms with E-state index in [2.05, 4.69) is 16.9 Å². The highest BCUT2D eigenvalue weighted by Crippen LogP contribution is 2.22. The Morgan fingerprint density at radius 1 is 1.37 bits per heavy atom. The molecule has 1 aromatic heterocycles. The fourth-order valence-corrected chi connectivity index (χ4v) is 2.15. The normalized spacial score (nSPS) is 12.0. The van der Waals surface area contributed by atoms with Gasteiger partial charge in [0.15, 0.2) is 0 Å². The predicted molar refractivity (Wildman–Crippen MR) is 84.6 cm³/mol. The molecule has 5 heteroatoms. The largest absolute Gasteiger partial charge is 0.342 e. The zero-order valence-corrected chi connectivity index (χ0v) is 13.2. The molecular weight excluding hydrogens is 303 g/mol. The first-order valence-electron chi connectivity index (χ1n) is 5.97. The average Bonchev–Trinajstić information content (AvgIpc) is 2.71. The van der Waals surface area contributed by atoms with Crippen LogP contribution in [0, 0.1) is 12.8 Å². The van der Waals surface area contributed by atoms with Crippen molar-refractivity contribution in [3.63, 3.8) is 0 Å². The Morgan fingerprint density at radius 3 is 2.74 bits per heavy atom. The van der Waals surface area contributed by atoms with Gasteiger partial charge in [-0.25, -0.2) is 4.98 Å². The molecular formula is C14H17Cl3N2. The van der Waals surface area contributed by atoms with E-state index < -0.39 is 0 Å². The van der Waals surface area contributed by atoms with E-state index in [9.17, 15) is 0 Å². The Labute approximate surface area is 130 Å². The van der Waals surface area contributed by atoms with Crippen molar-refractivity contribution in [2.24, 2.45) is 5.92 Å². The van der Waals surface area contributed by atoms with Crippen LogP contribution in [0.15, 0.2) is 24.3 Å². The molecule has 0 aliphatic rings. The van der Waals surface area contributed by atoms with Crippen LogP contribution in [0.1, 0.15) is 18.3 Å². The van der Waals surface area contributed by atoms with Gasteiger partial charge in [-0.05, 0) is 31.4 Å². The van der Waals surface area contributed by atoms with Gasteiger partial charge in [0, 0.05) is 22.2 Å². The van der Waals surface area contributed by atoms with Crippen LogP contribution < -0.4 is 0 Å². The molecule has 2 aromatic rings. The fraction of sp³-hybridized carbons (Fsp3) is 0.357. The topological polar surface area (TPSA) is 28.7 Å². The fourth-order valence-electron chi connectivity index (χ4n) is 1.85. The van der Waals surface area contributed by atoms with E-state index >= 15 is 0 Å². The van der Waals surface area contributed by atoms with E-state index in [0.717, 1.165) is 34.2 Å². The van der Waals surface area contributed by atoms with Crippen LogP contribution in [0.25, 0.3) is 11.4 Å². The highest BCUT2D eigenvalue weighted by atomic mass is 35.5. The van der Waals surface area contributed by atoms with Gasteiger partial charge < -0.3 is 4.98 Å². The second kappa shape index (κ2) is 7.18. The lowest BCUT2D eigenvalue weighted by molar-refractivity contribution is 0.642. The van der Waals surface area contributed by atoms with Crippen LogP contribution in [-0.4, -0.2) is 15.8 Å². The van der Waals surface area contributed by atoms with Gasteiger partial charge in [0.1, 0.15) is 5.82 Å². The monoisotopic (exact) mass is 318 g/mol. The van der Waals surface area contributed by atoms with Crippen LogP contribution in [0.4, 0.5) is 0 Å². The number of nitrogens with one attached hydrogen (secondary N) is 1. The number of alkyl halides is 1. The van der Waals surface area contributed by atoms with Crippen LogP contribution in [0.2, 0.25) is 5.02 Å². The minimum absolute atomic E-state index is 0. The van der Waals surface area contributed by atoms with E-state index in [1.54, 1.807) is 0 Å². The standard InChI is InChI=1S/C14H16Cl2N2.ClH/c1-9(8-15)6-13-10(2)17-14(18-13)11-4-3-5-12(16)7-11;/h3-5,7,9H,6,8H2,1-2H3,(H,17,18);1H. The summed E-state index contributed by atoms with van der Waals surface area (Å²) in [4.78, 5) is 7.94. The van der Waals surface area contributed by atoms with Gasteiger partial charge in [0.2, 0.25) is 0 Å². The number of benzene rings is 1. The summed E-state index contributed by atoms with van der Waals surface area (Å²) in [6.07, 6.45) is 0.895. The molecule has 0 bridgehead atoms. The van der Waals surface area contributed by atoms with Crippen molar-refractivity contribution in [3.8, 4) is 11.4 Å².